The molecule has 1 nitrogen and oxygen atoms in total. The fraction of sp³-hybridized carbons (Fsp3) is 0. The van der Waals surface area contributed by atoms with E-state index in [0.717, 1.165) is 5.69 Å². The van der Waals surface area contributed by atoms with Crippen LogP contribution in [0.3, 0.4) is 0 Å². The number of rotatable bonds is 5. The van der Waals surface area contributed by atoms with E-state index >= 15 is 0 Å². The minimum atomic E-state index is 1.15. The van der Waals surface area contributed by atoms with Gasteiger partial charge in [0.05, 0.1) is 11.0 Å². The molecule has 12 aromatic carbocycles. The van der Waals surface area contributed by atoms with Gasteiger partial charge in [-0.1, -0.05) is 206 Å². The summed E-state index contributed by atoms with van der Waals surface area (Å²) in [5.74, 6) is 0. The lowest BCUT2D eigenvalue weighted by molar-refractivity contribution is 1.18. The van der Waals surface area contributed by atoms with Gasteiger partial charge in [0, 0.05) is 16.5 Å². The Morgan fingerprint density at radius 1 is 0.215 bits per heavy atom. The van der Waals surface area contributed by atoms with E-state index in [4.69, 9.17) is 0 Å². The van der Waals surface area contributed by atoms with Crippen LogP contribution in [0.1, 0.15) is 0 Å². The van der Waals surface area contributed by atoms with Gasteiger partial charge in [0.1, 0.15) is 0 Å². The topological polar surface area (TPSA) is 4.93 Å². The van der Waals surface area contributed by atoms with E-state index in [2.05, 4.69) is 241 Å². The van der Waals surface area contributed by atoms with Gasteiger partial charge in [-0.3, -0.25) is 0 Å². The Bertz CT molecular complexity index is 4010. The first-order valence-electron chi connectivity index (χ1n) is 22.6. The van der Waals surface area contributed by atoms with Crippen LogP contribution in [-0.4, -0.2) is 4.57 Å². The smallest absolute Gasteiger partial charge is 0.0553 e. The van der Waals surface area contributed by atoms with Crippen LogP contribution in [0.15, 0.2) is 237 Å². The molecule has 0 radical (unpaired) electrons. The largest absolute Gasteiger partial charge is 0.309 e. The lowest BCUT2D eigenvalue weighted by Crippen LogP contribution is -1.95. The summed E-state index contributed by atoms with van der Waals surface area (Å²) in [5, 5.41) is 12.7. The predicted molar refractivity (Wildman–Crippen MR) is 277 cm³/mol. The molecule has 0 saturated heterocycles. The summed E-state index contributed by atoms with van der Waals surface area (Å²) in [6.07, 6.45) is 0. The third-order valence-electron chi connectivity index (χ3n) is 14.1. The standard InChI is InChI=1S/C64H39N/c1-5-20-40(21-6-1)57-45-28-13-15-30-47(45)58(48-31-16-14-29-46(48)57)43-36-37-55-53(38-43)62-51-34-19-35-52-61(51)54(39-56(62)65(55)44-26-11-4-12-27-44)64-60(42-24-9-3-10-25-42)50-33-18-17-32-49(50)59(63(52)64)41-22-7-2-8-23-41/h1-39H. The van der Waals surface area contributed by atoms with Crippen LogP contribution in [-0.2, 0) is 0 Å². The van der Waals surface area contributed by atoms with Gasteiger partial charge >= 0.3 is 0 Å². The van der Waals surface area contributed by atoms with Gasteiger partial charge in [0.15, 0.2) is 0 Å². The van der Waals surface area contributed by atoms with Crippen molar-refractivity contribution in [2.24, 2.45) is 0 Å². The summed E-state index contributed by atoms with van der Waals surface area (Å²) >= 11 is 0. The molecule has 14 rings (SSSR count). The van der Waals surface area contributed by atoms with Gasteiger partial charge in [0.25, 0.3) is 0 Å². The van der Waals surface area contributed by atoms with Crippen LogP contribution >= 0.6 is 0 Å². The molecule has 0 fully saturated rings. The Morgan fingerprint density at radius 2 is 0.631 bits per heavy atom. The fourth-order valence-electron chi connectivity index (χ4n) is 11.5. The van der Waals surface area contributed by atoms with E-state index in [1.54, 1.807) is 0 Å². The van der Waals surface area contributed by atoms with Crippen LogP contribution in [0, 0.1) is 0 Å². The second-order valence-electron chi connectivity index (χ2n) is 17.4. The SMILES string of the molecule is c1ccc(-c2c3c(c(-c4ccccc4)c4ccccc24)-c2cc4c(c5cccc-3c25)c2cc(-c3c5ccccc5c(-c5ccccc5)c5ccccc35)ccc2n4-c2ccccc2)cc1. The van der Waals surface area contributed by atoms with E-state index < -0.39 is 0 Å². The minimum Gasteiger partial charge on any atom is -0.309 e. The van der Waals surface area contributed by atoms with Crippen LogP contribution < -0.4 is 0 Å². The molecule has 0 unspecified atom stereocenters. The average molecular weight is 822 g/mol. The van der Waals surface area contributed by atoms with Gasteiger partial charge in [-0.15, -0.1) is 0 Å². The Balaban J connectivity index is 1.14. The highest BCUT2D eigenvalue weighted by atomic mass is 15.0. The molecule has 0 amide bonds. The van der Waals surface area contributed by atoms with Crippen molar-refractivity contribution >= 4 is 64.9 Å². The quantitative estimate of drug-likeness (QED) is 0.152. The lowest BCUT2D eigenvalue weighted by Gasteiger charge is -2.20. The van der Waals surface area contributed by atoms with E-state index in [1.165, 1.54) is 132 Å². The maximum Gasteiger partial charge on any atom is 0.0553 e. The van der Waals surface area contributed by atoms with Crippen LogP contribution in [0.2, 0.25) is 0 Å². The molecular weight excluding hydrogens is 783 g/mol. The van der Waals surface area contributed by atoms with Crippen molar-refractivity contribution in [2.75, 3.05) is 0 Å². The molecule has 0 atom stereocenters. The van der Waals surface area contributed by atoms with Crippen molar-refractivity contribution in [3.05, 3.63) is 237 Å². The van der Waals surface area contributed by atoms with E-state index in [9.17, 15) is 0 Å². The highest BCUT2D eigenvalue weighted by molar-refractivity contribution is 6.34. The van der Waals surface area contributed by atoms with E-state index in [-0.39, 0.29) is 0 Å². The summed E-state index contributed by atoms with van der Waals surface area (Å²) in [5.41, 5.74) is 18.8. The minimum absolute atomic E-state index is 1.15. The summed E-state index contributed by atoms with van der Waals surface area (Å²) in [6.45, 7) is 0. The Labute approximate surface area is 376 Å². The summed E-state index contributed by atoms with van der Waals surface area (Å²) < 4.78 is 2.51. The zero-order chi connectivity index (χ0) is 42.6. The zero-order valence-corrected chi connectivity index (χ0v) is 35.5. The zero-order valence-electron chi connectivity index (χ0n) is 35.5. The molecule has 0 bridgehead atoms. The third-order valence-corrected chi connectivity index (χ3v) is 14.1. The maximum atomic E-state index is 2.52. The normalized spacial score (nSPS) is 12.0. The van der Waals surface area contributed by atoms with Gasteiger partial charge < -0.3 is 4.57 Å². The first-order valence-corrected chi connectivity index (χ1v) is 22.6. The number of benzene rings is 12. The first-order chi connectivity index (χ1) is 32.3. The average Bonchev–Trinajstić information content (AvgIpc) is 3.88. The first kappa shape index (κ1) is 36.0. The second kappa shape index (κ2) is 14.0. The number of fused-ring (bicyclic) bond motifs is 10. The Kier molecular flexibility index (Phi) is 7.75. The molecule has 0 saturated carbocycles. The summed E-state index contributed by atoms with van der Waals surface area (Å²) in [7, 11) is 0. The maximum absolute atomic E-state index is 2.52. The van der Waals surface area contributed by atoms with Gasteiger partial charge in [-0.25, -0.2) is 0 Å². The van der Waals surface area contributed by atoms with Gasteiger partial charge in [-0.2, -0.15) is 0 Å². The van der Waals surface area contributed by atoms with Crippen molar-refractivity contribution in [3.8, 4) is 72.4 Å². The molecule has 1 heterocycles. The molecule has 65 heavy (non-hydrogen) atoms. The lowest BCUT2D eigenvalue weighted by atomic mass is 9.82. The molecule has 1 aromatic heterocycles. The monoisotopic (exact) mass is 821 g/mol. The Hall–Kier alpha value is -8.52. The van der Waals surface area contributed by atoms with Gasteiger partial charge in [-0.05, 0) is 140 Å². The molecule has 1 aliphatic rings. The van der Waals surface area contributed by atoms with Crippen LogP contribution in [0.25, 0.3) is 137 Å². The van der Waals surface area contributed by atoms with E-state index in [0.29, 0.717) is 0 Å². The number of aromatic nitrogens is 1. The number of hydrogen-bond acceptors (Lipinski definition) is 0. The van der Waals surface area contributed by atoms with Crippen molar-refractivity contribution in [2.45, 2.75) is 0 Å². The van der Waals surface area contributed by atoms with Crippen molar-refractivity contribution < 1.29 is 0 Å². The van der Waals surface area contributed by atoms with Crippen molar-refractivity contribution in [1.82, 2.24) is 4.57 Å². The Morgan fingerprint density at radius 3 is 1.15 bits per heavy atom. The van der Waals surface area contributed by atoms with E-state index in [1.807, 2.05) is 0 Å². The molecule has 0 aliphatic heterocycles. The molecular formula is C64H39N. The number of hydrogen-bond donors (Lipinski definition) is 0. The summed E-state index contributed by atoms with van der Waals surface area (Å²) in [6, 6.07) is 87.7. The summed E-state index contributed by atoms with van der Waals surface area (Å²) in [4.78, 5) is 0. The molecule has 0 N–H and O–H groups in total. The third kappa shape index (κ3) is 5.15. The molecule has 13 aromatic rings. The van der Waals surface area contributed by atoms with Gasteiger partial charge in [0.2, 0.25) is 0 Å². The number of para-hydroxylation sites is 1. The van der Waals surface area contributed by atoms with Crippen molar-refractivity contribution in [3.63, 3.8) is 0 Å². The van der Waals surface area contributed by atoms with Crippen LogP contribution in [0.4, 0.5) is 0 Å². The fourth-order valence-corrected chi connectivity index (χ4v) is 11.5. The highest BCUT2D eigenvalue weighted by Gasteiger charge is 2.32. The molecule has 1 aliphatic carbocycles. The molecule has 0 spiro atoms. The van der Waals surface area contributed by atoms with Crippen LogP contribution in [0.5, 0.6) is 0 Å². The predicted octanol–water partition coefficient (Wildman–Crippen LogP) is 17.7. The highest BCUT2D eigenvalue weighted by Crippen LogP contribution is 2.59. The molecule has 1 heteroatoms. The molecule has 300 valence electrons. The van der Waals surface area contributed by atoms with Crippen molar-refractivity contribution in [1.29, 1.82) is 0 Å². The number of nitrogens with zero attached hydrogens (tertiary/aromatic N) is 1. The second-order valence-corrected chi connectivity index (χ2v) is 17.4.